The third-order valence-electron chi connectivity index (χ3n) is 3.62. The molecule has 1 aromatic carbocycles. The van der Waals surface area contributed by atoms with E-state index in [4.69, 9.17) is 5.73 Å². The fourth-order valence-corrected chi connectivity index (χ4v) is 1.78. The van der Waals surface area contributed by atoms with Gasteiger partial charge in [-0.15, -0.1) is 0 Å². The number of benzene rings is 1. The number of hydrogen-bond donors (Lipinski definition) is 2. The van der Waals surface area contributed by atoms with E-state index >= 15 is 0 Å². The highest BCUT2D eigenvalue weighted by Crippen LogP contribution is 2.20. The second kappa shape index (κ2) is 6.20. The van der Waals surface area contributed by atoms with Crippen molar-refractivity contribution in [2.45, 2.75) is 46.6 Å². The molecule has 0 saturated carbocycles. The lowest BCUT2D eigenvalue weighted by molar-refractivity contribution is -0.125. The highest BCUT2D eigenvalue weighted by molar-refractivity contribution is 5.80. The van der Waals surface area contributed by atoms with Gasteiger partial charge in [0.2, 0.25) is 5.91 Å². The quantitative estimate of drug-likeness (QED) is 0.828. The van der Waals surface area contributed by atoms with Crippen LogP contribution in [0.2, 0.25) is 0 Å². The predicted octanol–water partition coefficient (Wildman–Crippen LogP) is 2.97. The van der Waals surface area contributed by atoms with E-state index in [-0.39, 0.29) is 11.9 Å². The third-order valence-corrected chi connectivity index (χ3v) is 3.62. The van der Waals surface area contributed by atoms with E-state index in [0.29, 0.717) is 12.5 Å². The van der Waals surface area contributed by atoms with E-state index in [0.717, 1.165) is 0 Å². The zero-order chi connectivity index (χ0) is 14.6. The molecule has 0 saturated heterocycles. The molecule has 0 bridgehead atoms. The molecule has 0 fully saturated rings. The van der Waals surface area contributed by atoms with Crippen molar-refractivity contribution in [3.63, 3.8) is 0 Å². The van der Waals surface area contributed by atoms with E-state index in [1.165, 1.54) is 11.1 Å². The maximum atomic E-state index is 11.3. The summed E-state index contributed by atoms with van der Waals surface area (Å²) in [5, 5.41) is 3.37. The summed E-state index contributed by atoms with van der Waals surface area (Å²) in [6.07, 6.45) is 0. The Morgan fingerprint density at radius 2 is 1.63 bits per heavy atom. The van der Waals surface area contributed by atoms with Gasteiger partial charge in [0.15, 0.2) is 0 Å². The molecule has 0 heterocycles. The van der Waals surface area contributed by atoms with Crippen molar-refractivity contribution >= 4 is 5.91 Å². The van der Waals surface area contributed by atoms with Crippen LogP contribution < -0.4 is 11.1 Å². The summed E-state index contributed by atoms with van der Waals surface area (Å²) in [7, 11) is 0. The molecule has 0 spiro atoms. The summed E-state index contributed by atoms with van der Waals surface area (Å²) >= 11 is 0. The van der Waals surface area contributed by atoms with Crippen LogP contribution in [0.15, 0.2) is 24.3 Å². The molecular weight excluding hydrogens is 236 g/mol. The standard InChI is InChI=1S/C16H26N2O/c1-11(2)13-6-8-14(9-7-13)12(3)18-10-16(4,5)15(17)19/h6-9,11-12,18H,10H2,1-5H3,(H2,17,19). The van der Waals surface area contributed by atoms with Crippen molar-refractivity contribution in [1.29, 1.82) is 0 Å². The Balaban J connectivity index is 2.63. The first kappa shape index (κ1) is 15.7. The summed E-state index contributed by atoms with van der Waals surface area (Å²) in [5.74, 6) is 0.272. The molecular formula is C16H26N2O. The Labute approximate surface area is 116 Å². The van der Waals surface area contributed by atoms with Crippen LogP contribution in [0.4, 0.5) is 0 Å². The smallest absolute Gasteiger partial charge is 0.224 e. The van der Waals surface area contributed by atoms with Crippen LogP contribution in [0, 0.1) is 5.41 Å². The fraction of sp³-hybridized carbons (Fsp3) is 0.562. The number of hydrogen-bond acceptors (Lipinski definition) is 2. The minimum Gasteiger partial charge on any atom is -0.369 e. The second-order valence-electron chi connectivity index (χ2n) is 6.17. The van der Waals surface area contributed by atoms with Gasteiger partial charge >= 0.3 is 0 Å². The predicted molar refractivity (Wildman–Crippen MR) is 79.9 cm³/mol. The van der Waals surface area contributed by atoms with Crippen LogP contribution >= 0.6 is 0 Å². The van der Waals surface area contributed by atoms with E-state index in [1.54, 1.807) is 0 Å². The van der Waals surface area contributed by atoms with Crippen LogP contribution in [0.1, 0.15) is 57.7 Å². The van der Waals surface area contributed by atoms with E-state index in [9.17, 15) is 4.79 Å². The first-order valence-electron chi connectivity index (χ1n) is 6.87. The van der Waals surface area contributed by atoms with Crippen LogP contribution in [0.5, 0.6) is 0 Å². The average molecular weight is 262 g/mol. The first-order valence-corrected chi connectivity index (χ1v) is 6.87. The van der Waals surface area contributed by atoms with Crippen molar-refractivity contribution in [2.24, 2.45) is 11.1 Å². The number of carbonyl (C=O) groups is 1. The van der Waals surface area contributed by atoms with Gasteiger partial charge in [-0.2, -0.15) is 0 Å². The molecule has 19 heavy (non-hydrogen) atoms. The molecule has 106 valence electrons. The Bertz CT molecular complexity index is 421. The van der Waals surface area contributed by atoms with Gasteiger partial charge in [-0.3, -0.25) is 4.79 Å². The Morgan fingerprint density at radius 1 is 1.16 bits per heavy atom. The van der Waals surface area contributed by atoms with Crippen molar-refractivity contribution in [2.75, 3.05) is 6.54 Å². The van der Waals surface area contributed by atoms with Crippen molar-refractivity contribution in [3.05, 3.63) is 35.4 Å². The SMILES string of the molecule is CC(C)c1ccc(C(C)NCC(C)(C)C(N)=O)cc1. The van der Waals surface area contributed by atoms with Gasteiger partial charge in [-0.05, 0) is 37.8 Å². The molecule has 3 nitrogen and oxygen atoms in total. The van der Waals surface area contributed by atoms with Gasteiger partial charge in [0.1, 0.15) is 0 Å². The zero-order valence-electron chi connectivity index (χ0n) is 12.7. The van der Waals surface area contributed by atoms with E-state index in [1.807, 2.05) is 13.8 Å². The summed E-state index contributed by atoms with van der Waals surface area (Å²) in [5.41, 5.74) is 7.42. The average Bonchev–Trinajstić information content (AvgIpc) is 2.36. The number of amides is 1. The molecule has 0 aromatic heterocycles. The topological polar surface area (TPSA) is 55.1 Å². The summed E-state index contributed by atoms with van der Waals surface area (Å²) in [6, 6.07) is 8.82. The lowest BCUT2D eigenvalue weighted by Crippen LogP contribution is -2.41. The number of carbonyl (C=O) groups excluding carboxylic acids is 1. The second-order valence-corrected chi connectivity index (χ2v) is 6.17. The first-order chi connectivity index (χ1) is 8.74. The van der Waals surface area contributed by atoms with Gasteiger partial charge in [-0.1, -0.05) is 38.1 Å². The van der Waals surface area contributed by atoms with Gasteiger partial charge in [0.25, 0.3) is 0 Å². The molecule has 0 aliphatic carbocycles. The normalized spacial score (nSPS) is 13.6. The molecule has 0 radical (unpaired) electrons. The van der Waals surface area contributed by atoms with Gasteiger partial charge in [-0.25, -0.2) is 0 Å². The lowest BCUT2D eigenvalue weighted by atomic mass is 9.92. The minimum atomic E-state index is -0.522. The Hall–Kier alpha value is -1.35. The van der Waals surface area contributed by atoms with Crippen LogP contribution in [-0.4, -0.2) is 12.5 Å². The molecule has 1 amide bonds. The van der Waals surface area contributed by atoms with Gasteiger partial charge < -0.3 is 11.1 Å². The van der Waals surface area contributed by atoms with Crippen molar-refractivity contribution < 1.29 is 4.79 Å². The summed E-state index contributed by atoms with van der Waals surface area (Å²) in [4.78, 5) is 11.3. The number of primary amides is 1. The maximum Gasteiger partial charge on any atom is 0.224 e. The minimum absolute atomic E-state index is 0.208. The molecule has 3 N–H and O–H groups in total. The van der Waals surface area contributed by atoms with Crippen molar-refractivity contribution in [1.82, 2.24) is 5.32 Å². The van der Waals surface area contributed by atoms with Gasteiger partial charge in [0, 0.05) is 12.6 Å². The van der Waals surface area contributed by atoms with E-state index in [2.05, 4.69) is 50.4 Å². The molecule has 1 unspecified atom stereocenters. The van der Waals surface area contributed by atoms with Gasteiger partial charge in [0.05, 0.1) is 5.41 Å². The zero-order valence-corrected chi connectivity index (χ0v) is 12.7. The largest absolute Gasteiger partial charge is 0.369 e. The summed E-state index contributed by atoms with van der Waals surface area (Å²) < 4.78 is 0. The molecule has 0 aliphatic heterocycles. The van der Waals surface area contributed by atoms with E-state index < -0.39 is 5.41 Å². The lowest BCUT2D eigenvalue weighted by Gasteiger charge is -2.24. The monoisotopic (exact) mass is 262 g/mol. The number of nitrogens with one attached hydrogen (secondary N) is 1. The Morgan fingerprint density at radius 3 is 2.05 bits per heavy atom. The maximum absolute atomic E-state index is 11.3. The van der Waals surface area contributed by atoms with Crippen LogP contribution in [-0.2, 0) is 4.79 Å². The summed E-state index contributed by atoms with van der Waals surface area (Å²) in [6.45, 7) is 10.8. The Kier molecular flexibility index (Phi) is 5.12. The van der Waals surface area contributed by atoms with Crippen LogP contribution in [0.3, 0.4) is 0 Å². The molecule has 0 aliphatic rings. The highest BCUT2D eigenvalue weighted by Gasteiger charge is 2.25. The molecule has 3 heteroatoms. The number of rotatable bonds is 6. The third kappa shape index (κ3) is 4.35. The highest BCUT2D eigenvalue weighted by atomic mass is 16.1. The van der Waals surface area contributed by atoms with Crippen LogP contribution in [0.25, 0.3) is 0 Å². The van der Waals surface area contributed by atoms with Crippen molar-refractivity contribution in [3.8, 4) is 0 Å². The molecule has 1 atom stereocenters. The fourth-order valence-electron chi connectivity index (χ4n) is 1.78. The molecule has 1 rings (SSSR count). The molecule has 1 aromatic rings. The number of nitrogens with two attached hydrogens (primary N) is 1.